The molecule has 1 saturated carbocycles. The van der Waals surface area contributed by atoms with E-state index in [1.54, 1.807) is 0 Å². The van der Waals surface area contributed by atoms with Crippen LogP contribution in [0.2, 0.25) is 0 Å². The molecule has 0 unspecified atom stereocenters. The maximum atomic E-state index is 13.5. The highest BCUT2D eigenvalue weighted by molar-refractivity contribution is 5.94. The summed E-state index contributed by atoms with van der Waals surface area (Å²) >= 11 is 0. The van der Waals surface area contributed by atoms with Crippen molar-refractivity contribution in [3.63, 3.8) is 0 Å². The third-order valence-electron chi connectivity index (χ3n) is 2.87. The van der Waals surface area contributed by atoms with Crippen LogP contribution in [0.3, 0.4) is 0 Å². The van der Waals surface area contributed by atoms with Crippen molar-refractivity contribution in [3.8, 4) is 6.07 Å². The number of halogens is 2. The van der Waals surface area contributed by atoms with Crippen LogP contribution in [0.25, 0.3) is 0 Å². The first-order chi connectivity index (χ1) is 8.63. The maximum Gasteiger partial charge on any atom is 0.257 e. The van der Waals surface area contributed by atoms with Gasteiger partial charge >= 0.3 is 0 Å². The number of hydrogen-bond acceptors (Lipinski definition) is 2. The molecule has 0 bridgehead atoms. The van der Waals surface area contributed by atoms with Gasteiger partial charge in [-0.05, 0) is 25.0 Å². The van der Waals surface area contributed by atoms with E-state index in [9.17, 15) is 13.6 Å². The number of carbonyl (C=O) groups excluding carboxylic acids is 1. The Labute approximate surface area is 104 Å². The maximum absolute atomic E-state index is 13.5. The highest BCUT2D eigenvalue weighted by Gasteiger charge is 2.33. The lowest BCUT2D eigenvalue weighted by Gasteiger charge is -2.21. The molecule has 0 N–H and O–H groups in total. The molecule has 5 heteroatoms. The van der Waals surface area contributed by atoms with Crippen LogP contribution in [0.1, 0.15) is 29.6 Å². The molecule has 1 amide bonds. The fraction of sp³-hybridized carbons (Fsp3) is 0.385. The summed E-state index contributed by atoms with van der Waals surface area (Å²) in [7, 11) is 0. The first kappa shape index (κ1) is 12.5. The monoisotopic (exact) mass is 250 g/mol. The van der Waals surface area contributed by atoms with Gasteiger partial charge in [-0.2, -0.15) is 5.26 Å². The van der Waals surface area contributed by atoms with Gasteiger partial charge in [-0.1, -0.05) is 0 Å². The highest BCUT2D eigenvalue weighted by atomic mass is 19.1. The van der Waals surface area contributed by atoms with Gasteiger partial charge in [-0.3, -0.25) is 4.79 Å². The van der Waals surface area contributed by atoms with E-state index >= 15 is 0 Å². The zero-order valence-corrected chi connectivity index (χ0v) is 9.70. The molecule has 1 aliphatic carbocycles. The van der Waals surface area contributed by atoms with Crippen molar-refractivity contribution in [2.45, 2.75) is 25.3 Å². The molecule has 0 aromatic heterocycles. The number of rotatable bonds is 4. The Morgan fingerprint density at radius 3 is 2.72 bits per heavy atom. The summed E-state index contributed by atoms with van der Waals surface area (Å²) in [5.74, 6) is -2.04. The van der Waals surface area contributed by atoms with Gasteiger partial charge in [0.2, 0.25) is 0 Å². The summed E-state index contributed by atoms with van der Waals surface area (Å²) in [6.45, 7) is 0.289. The average molecular weight is 250 g/mol. The smallest absolute Gasteiger partial charge is 0.257 e. The lowest BCUT2D eigenvalue weighted by Crippen LogP contribution is -2.34. The molecule has 18 heavy (non-hydrogen) atoms. The van der Waals surface area contributed by atoms with Gasteiger partial charge in [0.05, 0.1) is 18.1 Å². The molecule has 0 heterocycles. The van der Waals surface area contributed by atoms with Gasteiger partial charge in [0.15, 0.2) is 0 Å². The van der Waals surface area contributed by atoms with Crippen molar-refractivity contribution < 1.29 is 13.6 Å². The third-order valence-corrected chi connectivity index (χ3v) is 2.87. The molecule has 0 aliphatic heterocycles. The summed E-state index contributed by atoms with van der Waals surface area (Å²) < 4.78 is 26.3. The number of benzene rings is 1. The molecule has 0 saturated heterocycles. The van der Waals surface area contributed by atoms with E-state index in [1.807, 2.05) is 6.07 Å². The molecular formula is C13H12F2N2O. The first-order valence-electron chi connectivity index (χ1n) is 5.76. The Morgan fingerprint density at radius 1 is 1.44 bits per heavy atom. The Hall–Kier alpha value is -1.96. The molecular weight excluding hydrogens is 238 g/mol. The molecule has 0 atom stereocenters. The fourth-order valence-corrected chi connectivity index (χ4v) is 1.82. The number of amides is 1. The van der Waals surface area contributed by atoms with Crippen LogP contribution >= 0.6 is 0 Å². The average Bonchev–Trinajstić information content (AvgIpc) is 3.13. The first-order valence-corrected chi connectivity index (χ1v) is 5.76. The van der Waals surface area contributed by atoms with Crippen molar-refractivity contribution >= 4 is 5.91 Å². The van der Waals surface area contributed by atoms with Gasteiger partial charge in [0, 0.05) is 18.7 Å². The zero-order valence-electron chi connectivity index (χ0n) is 9.70. The Morgan fingerprint density at radius 2 is 2.17 bits per heavy atom. The lowest BCUT2D eigenvalue weighted by molar-refractivity contribution is 0.0742. The summed E-state index contributed by atoms with van der Waals surface area (Å²) in [5, 5.41) is 8.55. The zero-order chi connectivity index (χ0) is 13.1. The van der Waals surface area contributed by atoms with Crippen LogP contribution in [-0.2, 0) is 0 Å². The number of nitriles is 1. The number of nitrogens with zero attached hydrogens (tertiary/aromatic N) is 2. The molecule has 94 valence electrons. The second-order valence-corrected chi connectivity index (χ2v) is 4.26. The molecule has 0 spiro atoms. The molecule has 3 nitrogen and oxygen atoms in total. The summed E-state index contributed by atoms with van der Waals surface area (Å²) in [6, 6.07) is 4.96. The second kappa shape index (κ2) is 5.13. The van der Waals surface area contributed by atoms with Crippen molar-refractivity contribution in [3.05, 3.63) is 35.4 Å². The molecule has 1 aliphatic rings. The normalized spacial score (nSPS) is 14.1. The van der Waals surface area contributed by atoms with Crippen molar-refractivity contribution in [1.29, 1.82) is 5.26 Å². The largest absolute Gasteiger partial charge is 0.335 e. The van der Waals surface area contributed by atoms with E-state index < -0.39 is 17.5 Å². The SMILES string of the molecule is N#CCCN(C(=O)c1ccc(F)cc1F)C1CC1. The molecule has 0 radical (unpaired) electrons. The summed E-state index contributed by atoms with van der Waals surface area (Å²) in [4.78, 5) is 13.6. The molecule has 2 rings (SSSR count). The predicted octanol–water partition coefficient (Wildman–Crippen LogP) is 2.48. The minimum absolute atomic E-state index is 0.0929. The van der Waals surface area contributed by atoms with E-state index in [0.717, 1.165) is 25.0 Å². The van der Waals surface area contributed by atoms with E-state index in [4.69, 9.17) is 5.26 Å². The molecule has 1 fully saturated rings. The molecule has 1 aromatic carbocycles. The summed E-state index contributed by atoms with van der Waals surface area (Å²) in [6.07, 6.45) is 1.96. The van der Waals surface area contributed by atoms with Gasteiger partial charge in [-0.25, -0.2) is 8.78 Å². The Kier molecular flexibility index (Phi) is 3.56. The highest BCUT2D eigenvalue weighted by Crippen LogP contribution is 2.28. The predicted molar refractivity (Wildman–Crippen MR) is 60.6 cm³/mol. The van der Waals surface area contributed by atoms with Crippen LogP contribution in [0, 0.1) is 23.0 Å². The van der Waals surface area contributed by atoms with Gasteiger partial charge < -0.3 is 4.90 Å². The van der Waals surface area contributed by atoms with Crippen molar-refractivity contribution in [2.75, 3.05) is 6.54 Å². The number of carbonyl (C=O) groups is 1. The van der Waals surface area contributed by atoms with Crippen LogP contribution in [-0.4, -0.2) is 23.4 Å². The lowest BCUT2D eigenvalue weighted by atomic mass is 10.1. The van der Waals surface area contributed by atoms with Crippen LogP contribution in [0.5, 0.6) is 0 Å². The third kappa shape index (κ3) is 2.65. The molecule has 1 aromatic rings. The number of hydrogen-bond donors (Lipinski definition) is 0. The van der Waals surface area contributed by atoms with E-state index in [-0.39, 0.29) is 24.6 Å². The Bertz CT molecular complexity index is 506. The van der Waals surface area contributed by atoms with E-state index in [0.29, 0.717) is 6.07 Å². The van der Waals surface area contributed by atoms with Crippen LogP contribution in [0.4, 0.5) is 8.78 Å². The van der Waals surface area contributed by atoms with Crippen molar-refractivity contribution in [1.82, 2.24) is 4.90 Å². The standard InChI is InChI=1S/C13H12F2N2O/c14-9-2-5-11(12(15)8-9)13(18)17(7-1-6-16)10-3-4-10/h2,5,8,10H,1,3-4,7H2. The quantitative estimate of drug-likeness (QED) is 0.824. The van der Waals surface area contributed by atoms with Gasteiger partial charge in [0.25, 0.3) is 5.91 Å². The topological polar surface area (TPSA) is 44.1 Å². The summed E-state index contributed by atoms with van der Waals surface area (Å²) in [5.41, 5.74) is -0.138. The van der Waals surface area contributed by atoms with E-state index in [2.05, 4.69) is 0 Å². The van der Waals surface area contributed by atoms with Gasteiger partial charge in [0.1, 0.15) is 11.6 Å². The minimum Gasteiger partial charge on any atom is -0.335 e. The Balaban J connectivity index is 2.19. The van der Waals surface area contributed by atoms with Gasteiger partial charge in [-0.15, -0.1) is 0 Å². The van der Waals surface area contributed by atoms with Crippen LogP contribution < -0.4 is 0 Å². The van der Waals surface area contributed by atoms with Crippen molar-refractivity contribution in [2.24, 2.45) is 0 Å². The minimum atomic E-state index is -0.859. The van der Waals surface area contributed by atoms with Crippen LogP contribution in [0.15, 0.2) is 18.2 Å². The second-order valence-electron chi connectivity index (χ2n) is 4.26. The van der Waals surface area contributed by atoms with E-state index in [1.165, 1.54) is 4.90 Å². The fourth-order valence-electron chi connectivity index (χ4n) is 1.82.